The van der Waals surface area contributed by atoms with Crippen molar-refractivity contribution in [3.05, 3.63) is 65.1 Å². The second-order valence-corrected chi connectivity index (χ2v) is 7.38. The highest BCUT2D eigenvalue weighted by Crippen LogP contribution is 2.36. The zero-order valence-electron chi connectivity index (χ0n) is 16.1. The molecule has 0 amide bonds. The predicted octanol–water partition coefficient (Wildman–Crippen LogP) is 5.73. The molecular formula is C21H14Cl2N6O2. The molecule has 0 atom stereocenters. The van der Waals surface area contributed by atoms with Crippen LogP contribution in [0.1, 0.15) is 0 Å². The Morgan fingerprint density at radius 3 is 2.68 bits per heavy atom. The first-order chi connectivity index (χ1) is 15.1. The van der Waals surface area contributed by atoms with Crippen LogP contribution in [0.15, 0.2) is 59.5 Å². The average molecular weight is 453 g/mol. The molecule has 2 N–H and O–H groups in total. The molecule has 0 saturated heterocycles. The molecule has 5 aromatic rings. The quantitative estimate of drug-likeness (QED) is 0.350. The monoisotopic (exact) mass is 452 g/mol. The van der Waals surface area contributed by atoms with Crippen molar-refractivity contribution in [2.24, 2.45) is 0 Å². The van der Waals surface area contributed by atoms with Crippen molar-refractivity contribution >= 4 is 45.9 Å². The van der Waals surface area contributed by atoms with Crippen LogP contribution < -0.4 is 10.1 Å². The molecule has 2 aromatic carbocycles. The minimum absolute atomic E-state index is 0.267. The predicted molar refractivity (Wildman–Crippen MR) is 119 cm³/mol. The fraction of sp³-hybridized carbons (Fsp3) is 0.0476. The van der Waals surface area contributed by atoms with Crippen LogP contribution in [-0.4, -0.2) is 32.3 Å². The van der Waals surface area contributed by atoms with E-state index in [1.165, 1.54) is 6.39 Å². The van der Waals surface area contributed by atoms with E-state index in [-0.39, 0.29) is 6.01 Å². The second kappa shape index (κ2) is 7.90. The molecular weight excluding hydrogens is 439 g/mol. The normalized spacial score (nSPS) is 11.1. The van der Waals surface area contributed by atoms with Gasteiger partial charge in [0.05, 0.1) is 45.6 Å². The van der Waals surface area contributed by atoms with Gasteiger partial charge in [0.15, 0.2) is 0 Å². The Morgan fingerprint density at radius 1 is 1.10 bits per heavy atom. The maximum Gasteiger partial charge on any atom is 0.319 e. The van der Waals surface area contributed by atoms with Gasteiger partial charge in [-0.3, -0.25) is 0 Å². The lowest BCUT2D eigenvalue weighted by atomic mass is 10.1. The summed E-state index contributed by atoms with van der Waals surface area (Å²) < 4.78 is 10.6. The van der Waals surface area contributed by atoms with Crippen molar-refractivity contribution in [1.29, 1.82) is 0 Å². The molecule has 8 nitrogen and oxygen atoms in total. The number of methoxy groups -OCH3 is 1. The molecule has 0 aliphatic heterocycles. The third-order valence-electron chi connectivity index (χ3n) is 4.65. The van der Waals surface area contributed by atoms with E-state index in [4.69, 9.17) is 32.4 Å². The van der Waals surface area contributed by atoms with E-state index in [1.807, 2.05) is 24.3 Å². The largest absolute Gasteiger partial charge is 0.481 e. The van der Waals surface area contributed by atoms with Crippen LogP contribution in [-0.2, 0) is 0 Å². The van der Waals surface area contributed by atoms with Gasteiger partial charge in [-0.05, 0) is 35.9 Å². The highest BCUT2D eigenvalue weighted by atomic mass is 35.5. The van der Waals surface area contributed by atoms with Gasteiger partial charge in [0.2, 0.25) is 12.3 Å². The van der Waals surface area contributed by atoms with Crippen molar-refractivity contribution in [2.45, 2.75) is 0 Å². The molecule has 0 unspecified atom stereocenters. The van der Waals surface area contributed by atoms with Gasteiger partial charge in [0, 0.05) is 5.56 Å². The van der Waals surface area contributed by atoms with Crippen molar-refractivity contribution in [1.82, 2.24) is 25.1 Å². The standard InChI is InChI=1S/C21H14Cl2N6O2/c1-30-20-13(8-12(9-24-20)26-21-29-25-10-31-21)11-5-6-16-17(7-11)28-19(27-16)18-14(22)3-2-4-15(18)23/h2-10H,1H3,(H,26,29)(H,27,28). The van der Waals surface area contributed by atoms with Gasteiger partial charge in [-0.1, -0.05) is 40.4 Å². The second-order valence-electron chi connectivity index (χ2n) is 6.56. The summed E-state index contributed by atoms with van der Waals surface area (Å²) in [6.07, 6.45) is 2.87. The van der Waals surface area contributed by atoms with Crippen molar-refractivity contribution in [2.75, 3.05) is 12.4 Å². The lowest BCUT2D eigenvalue weighted by Gasteiger charge is -2.10. The van der Waals surface area contributed by atoms with Gasteiger partial charge in [-0.25, -0.2) is 9.97 Å². The van der Waals surface area contributed by atoms with E-state index >= 15 is 0 Å². The zero-order valence-corrected chi connectivity index (χ0v) is 17.6. The van der Waals surface area contributed by atoms with Crippen LogP contribution in [0.4, 0.5) is 11.7 Å². The SMILES string of the molecule is COc1ncc(Nc2nnco2)cc1-c1ccc2nc(-c3c(Cl)cccc3Cl)[nH]c2c1. The summed E-state index contributed by atoms with van der Waals surface area (Å²) in [4.78, 5) is 12.3. The topological polar surface area (TPSA) is 102 Å². The third-order valence-corrected chi connectivity index (χ3v) is 5.28. The number of halogens is 2. The zero-order chi connectivity index (χ0) is 21.4. The van der Waals surface area contributed by atoms with E-state index in [2.05, 4.69) is 30.5 Å². The number of fused-ring (bicyclic) bond motifs is 1. The van der Waals surface area contributed by atoms with Crippen molar-refractivity contribution < 1.29 is 9.15 Å². The molecule has 0 saturated carbocycles. The molecule has 0 aliphatic rings. The number of hydrogen-bond acceptors (Lipinski definition) is 7. The molecule has 10 heteroatoms. The highest BCUT2D eigenvalue weighted by Gasteiger charge is 2.15. The summed E-state index contributed by atoms with van der Waals surface area (Å²) in [5.74, 6) is 1.07. The van der Waals surface area contributed by atoms with E-state index in [0.717, 1.165) is 22.2 Å². The first-order valence-corrected chi connectivity index (χ1v) is 9.89. The summed E-state index contributed by atoms with van der Waals surface area (Å²) in [5.41, 5.74) is 4.59. The Hall–Kier alpha value is -3.62. The van der Waals surface area contributed by atoms with Crippen molar-refractivity contribution in [3.8, 4) is 28.4 Å². The average Bonchev–Trinajstić information content (AvgIpc) is 3.42. The summed E-state index contributed by atoms with van der Waals surface area (Å²) in [5, 5.41) is 11.5. The summed E-state index contributed by atoms with van der Waals surface area (Å²) in [6.45, 7) is 0. The van der Waals surface area contributed by atoms with Gasteiger partial charge in [0.1, 0.15) is 5.82 Å². The maximum absolute atomic E-state index is 6.34. The Kier molecular flexibility index (Phi) is 4.93. The number of pyridine rings is 1. The van der Waals surface area contributed by atoms with Crippen LogP contribution in [0, 0.1) is 0 Å². The number of H-pyrrole nitrogens is 1. The Bertz CT molecular complexity index is 1360. The minimum atomic E-state index is 0.267. The minimum Gasteiger partial charge on any atom is -0.481 e. The lowest BCUT2D eigenvalue weighted by molar-refractivity contribution is 0.400. The number of benzene rings is 2. The number of aromatic nitrogens is 5. The number of anilines is 2. The first-order valence-electron chi connectivity index (χ1n) is 9.14. The summed E-state index contributed by atoms with van der Waals surface area (Å²) in [7, 11) is 1.57. The molecule has 5 rings (SSSR count). The number of aromatic amines is 1. The van der Waals surface area contributed by atoms with E-state index in [0.29, 0.717) is 33.0 Å². The Balaban J connectivity index is 1.57. The van der Waals surface area contributed by atoms with Crippen LogP contribution in [0.5, 0.6) is 5.88 Å². The Morgan fingerprint density at radius 2 is 1.94 bits per heavy atom. The number of nitrogens with one attached hydrogen (secondary N) is 2. The number of imidazole rings is 1. The Labute approximate surface area is 186 Å². The number of ether oxygens (including phenoxy) is 1. The fourth-order valence-electron chi connectivity index (χ4n) is 3.26. The maximum atomic E-state index is 6.34. The lowest BCUT2D eigenvalue weighted by Crippen LogP contribution is -1.96. The van der Waals surface area contributed by atoms with Gasteiger partial charge in [0.25, 0.3) is 0 Å². The number of rotatable bonds is 5. The smallest absolute Gasteiger partial charge is 0.319 e. The molecule has 0 spiro atoms. The van der Waals surface area contributed by atoms with E-state index in [9.17, 15) is 0 Å². The molecule has 31 heavy (non-hydrogen) atoms. The van der Waals surface area contributed by atoms with Gasteiger partial charge in [-0.15, -0.1) is 5.10 Å². The molecule has 3 aromatic heterocycles. The van der Waals surface area contributed by atoms with Crippen LogP contribution >= 0.6 is 23.2 Å². The number of nitrogens with zero attached hydrogens (tertiary/aromatic N) is 4. The molecule has 0 fully saturated rings. The number of hydrogen-bond donors (Lipinski definition) is 2. The molecule has 0 aliphatic carbocycles. The van der Waals surface area contributed by atoms with Gasteiger partial charge < -0.3 is 19.5 Å². The van der Waals surface area contributed by atoms with Crippen LogP contribution in [0.2, 0.25) is 10.0 Å². The third kappa shape index (κ3) is 3.67. The van der Waals surface area contributed by atoms with E-state index < -0.39 is 0 Å². The first kappa shape index (κ1) is 19.3. The highest BCUT2D eigenvalue weighted by molar-refractivity contribution is 6.39. The van der Waals surface area contributed by atoms with Crippen LogP contribution in [0.3, 0.4) is 0 Å². The van der Waals surface area contributed by atoms with Crippen molar-refractivity contribution in [3.63, 3.8) is 0 Å². The van der Waals surface area contributed by atoms with E-state index in [1.54, 1.807) is 31.5 Å². The molecule has 154 valence electrons. The summed E-state index contributed by atoms with van der Waals surface area (Å²) >= 11 is 12.7. The van der Waals surface area contributed by atoms with Crippen LogP contribution in [0.25, 0.3) is 33.5 Å². The molecule has 0 bridgehead atoms. The molecule has 3 heterocycles. The fourth-order valence-corrected chi connectivity index (χ4v) is 3.84. The summed E-state index contributed by atoms with van der Waals surface area (Å²) in [6, 6.07) is 13.3. The van der Waals surface area contributed by atoms with Gasteiger partial charge in [-0.2, -0.15) is 0 Å². The molecule has 0 radical (unpaired) electrons. The van der Waals surface area contributed by atoms with Gasteiger partial charge >= 0.3 is 6.01 Å².